The minimum Gasteiger partial charge on any atom is -0.394 e. The lowest BCUT2D eigenvalue weighted by atomic mass is 10.4. The SMILES string of the molecule is CCn1nc(C)c(N)c1NCCNS(C)(=O)=O. The standard InChI is InChI=1S/C9H19N5O2S/c1-4-14-9(8(10)7(2)13-14)11-5-6-12-17(3,15)16/h11-12H,4-6,10H2,1-3H3. The fraction of sp³-hybridized carbons (Fsp3) is 0.667. The van der Waals surface area contributed by atoms with Crippen molar-refractivity contribution in [2.45, 2.75) is 20.4 Å². The first kappa shape index (κ1) is 13.8. The summed E-state index contributed by atoms with van der Waals surface area (Å²) in [6.45, 7) is 5.28. The molecule has 0 radical (unpaired) electrons. The van der Waals surface area contributed by atoms with Gasteiger partial charge in [0.05, 0.1) is 17.6 Å². The highest BCUT2D eigenvalue weighted by Gasteiger charge is 2.10. The van der Waals surface area contributed by atoms with Gasteiger partial charge in [0, 0.05) is 19.6 Å². The molecule has 0 aromatic carbocycles. The lowest BCUT2D eigenvalue weighted by Crippen LogP contribution is -2.28. The van der Waals surface area contributed by atoms with Crippen LogP contribution >= 0.6 is 0 Å². The van der Waals surface area contributed by atoms with Gasteiger partial charge < -0.3 is 11.1 Å². The van der Waals surface area contributed by atoms with E-state index in [0.29, 0.717) is 25.3 Å². The Balaban J connectivity index is 2.57. The zero-order chi connectivity index (χ0) is 13.1. The summed E-state index contributed by atoms with van der Waals surface area (Å²) in [6, 6.07) is 0. The first-order valence-electron chi connectivity index (χ1n) is 5.36. The first-order chi connectivity index (χ1) is 7.85. The van der Waals surface area contributed by atoms with Crippen LogP contribution in [-0.4, -0.2) is 37.5 Å². The van der Waals surface area contributed by atoms with E-state index in [0.717, 1.165) is 17.8 Å². The molecular formula is C9H19N5O2S. The molecule has 0 saturated carbocycles. The highest BCUT2D eigenvalue weighted by atomic mass is 32.2. The second kappa shape index (κ2) is 5.37. The van der Waals surface area contributed by atoms with Crippen LogP contribution in [0.4, 0.5) is 11.5 Å². The molecule has 1 heterocycles. The molecule has 0 saturated heterocycles. The Morgan fingerprint density at radius 1 is 1.41 bits per heavy atom. The van der Waals surface area contributed by atoms with E-state index in [4.69, 9.17) is 5.73 Å². The monoisotopic (exact) mass is 261 g/mol. The van der Waals surface area contributed by atoms with Crippen LogP contribution in [-0.2, 0) is 16.6 Å². The Bertz CT molecular complexity index is 480. The van der Waals surface area contributed by atoms with Gasteiger partial charge in [-0.2, -0.15) is 5.10 Å². The molecule has 0 fully saturated rings. The van der Waals surface area contributed by atoms with E-state index in [1.54, 1.807) is 4.68 Å². The summed E-state index contributed by atoms with van der Waals surface area (Å²) in [5, 5.41) is 7.32. The second-order valence-corrected chi connectivity index (χ2v) is 5.59. The van der Waals surface area contributed by atoms with Crippen LogP contribution in [0.3, 0.4) is 0 Å². The zero-order valence-corrected chi connectivity index (χ0v) is 11.1. The van der Waals surface area contributed by atoms with Gasteiger partial charge in [0.2, 0.25) is 10.0 Å². The Labute approximate surface area is 101 Å². The molecule has 1 aromatic heterocycles. The molecule has 7 nitrogen and oxygen atoms in total. The van der Waals surface area contributed by atoms with E-state index in [1.807, 2.05) is 13.8 Å². The third kappa shape index (κ3) is 3.90. The van der Waals surface area contributed by atoms with Crippen LogP contribution in [0.5, 0.6) is 0 Å². The van der Waals surface area contributed by atoms with Crippen LogP contribution in [0, 0.1) is 6.92 Å². The molecule has 0 bridgehead atoms. The van der Waals surface area contributed by atoms with Gasteiger partial charge in [-0.15, -0.1) is 0 Å². The van der Waals surface area contributed by atoms with Crippen LogP contribution in [0.15, 0.2) is 0 Å². The normalized spacial score (nSPS) is 11.7. The quantitative estimate of drug-likeness (QED) is 0.613. The van der Waals surface area contributed by atoms with Gasteiger partial charge in [-0.05, 0) is 13.8 Å². The van der Waals surface area contributed by atoms with Gasteiger partial charge in [0.25, 0.3) is 0 Å². The molecule has 4 N–H and O–H groups in total. The highest BCUT2D eigenvalue weighted by Crippen LogP contribution is 2.21. The molecule has 1 aromatic rings. The molecule has 0 aliphatic rings. The molecule has 0 spiro atoms. The molecule has 17 heavy (non-hydrogen) atoms. The van der Waals surface area contributed by atoms with Crippen molar-refractivity contribution in [3.05, 3.63) is 5.69 Å². The van der Waals surface area contributed by atoms with Crippen molar-refractivity contribution < 1.29 is 8.42 Å². The van der Waals surface area contributed by atoms with Crippen molar-refractivity contribution in [2.24, 2.45) is 0 Å². The third-order valence-corrected chi connectivity index (χ3v) is 2.98. The van der Waals surface area contributed by atoms with E-state index in [1.165, 1.54) is 0 Å². The number of hydrogen-bond donors (Lipinski definition) is 3. The van der Waals surface area contributed by atoms with Crippen molar-refractivity contribution in [1.82, 2.24) is 14.5 Å². The topological polar surface area (TPSA) is 102 Å². The van der Waals surface area contributed by atoms with Crippen LogP contribution in [0.2, 0.25) is 0 Å². The van der Waals surface area contributed by atoms with E-state index in [9.17, 15) is 8.42 Å². The summed E-state index contributed by atoms with van der Waals surface area (Å²) in [5.74, 6) is 0.736. The number of sulfonamides is 1. The average Bonchev–Trinajstić information content (AvgIpc) is 2.49. The largest absolute Gasteiger partial charge is 0.394 e. The smallest absolute Gasteiger partial charge is 0.208 e. The number of rotatable bonds is 6. The van der Waals surface area contributed by atoms with Crippen molar-refractivity contribution in [1.29, 1.82) is 0 Å². The van der Waals surface area contributed by atoms with Gasteiger partial charge in [0.1, 0.15) is 5.82 Å². The predicted molar refractivity (Wildman–Crippen MR) is 68.4 cm³/mol. The van der Waals surface area contributed by atoms with Gasteiger partial charge in [-0.25, -0.2) is 17.8 Å². The van der Waals surface area contributed by atoms with Gasteiger partial charge >= 0.3 is 0 Å². The van der Waals surface area contributed by atoms with E-state index < -0.39 is 10.0 Å². The second-order valence-electron chi connectivity index (χ2n) is 3.76. The van der Waals surface area contributed by atoms with E-state index in [-0.39, 0.29) is 0 Å². The number of nitrogen functional groups attached to an aromatic ring is 1. The number of nitrogens with zero attached hydrogens (tertiary/aromatic N) is 2. The number of hydrogen-bond acceptors (Lipinski definition) is 5. The Morgan fingerprint density at radius 3 is 2.59 bits per heavy atom. The number of nitrogens with two attached hydrogens (primary N) is 1. The fourth-order valence-electron chi connectivity index (χ4n) is 1.43. The van der Waals surface area contributed by atoms with Crippen molar-refractivity contribution in [3.8, 4) is 0 Å². The number of nitrogens with one attached hydrogen (secondary N) is 2. The first-order valence-corrected chi connectivity index (χ1v) is 7.25. The molecule has 0 unspecified atom stereocenters. The van der Waals surface area contributed by atoms with Gasteiger partial charge in [-0.3, -0.25) is 0 Å². The Hall–Kier alpha value is -1.28. The van der Waals surface area contributed by atoms with Crippen LogP contribution in [0.1, 0.15) is 12.6 Å². The summed E-state index contributed by atoms with van der Waals surface area (Å²) >= 11 is 0. The minimum atomic E-state index is -3.14. The predicted octanol–water partition coefficient (Wildman–Crippen LogP) is -0.245. The summed E-state index contributed by atoms with van der Waals surface area (Å²) < 4.78 is 25.9. The molecular weight excluding hydrogens is 242 g/mol. The minimum absolute atomic E-state index is 0.312. The molecule has 98 valence electrons. The summed E-state index contributed by atoms with van der Waals surface area (Å²) in [4.78, 5) is 0. The molecule has 0 amide bonds. The van der Waals surface area contributed by atoms with Crippen LogP contribution in [0.25, 0.3) is 0 Å². The third-order valence-electron chi connectivity index (χ3n) is 2.25. The lowest BCUT2D eigenvalue weighted by molar-refractivity contribution is 0.589. The van der Waals surface area contributed by atoms with Gasteiger partial charge in [0.15, 0.2) is 0 Å². The maximum absolute atomic E-state index is 10.9. The Morgan fingerprint density at radius 2 is 2.06 bits per heavy atom. The summed E-state index contributed by atoms with van der Waals surface area (Å²) in [5.41, 5.74) is 7.23. The number of aryl methyl sites for hydroxylation is 2. The van der Waals surface area contributed by atoms with Gasteiger partial charge in [-0.1, -0.05) is 0 Å². The van der Waals surface area contributed by atoms with Crippen molar-refractivity contribution in [3.63, 3.8) is 0 Å². The molecule has 1 rings (SSSR count). The molecule has 0 aliphatic heterocycles. The average molecular weight is 261 g/mol. The number of anilines is 2. The fourth-order valence-corrected chi connectivity index (χ4v) is 1.90. The van der Waals surface area contributed by atoms with Crippen molar-refractivity contribution >= 4 is 21.5 Å². The zero-order valence-electron chi connectivity index (χ0n) is 10.3. The Kier molecular flexibility index (Phi) is 4.35. The van der Waals surface area contributed by atoms with E-state index in [2.05, 4.69) is 15.1 Å². The molecule has 0 atom stereocenters. The van der Waals surface area contributed by atoms with Crippen LogP contribution < -0.4 is 15.8 Å². The number of aromatic nitrogens is 2. The summed E-state index contributed by atoms with van der Waals surface area (Å²) in [6.07, 6.45) is 1.13. The van der Waals surface area contributed by atoms with Crippen molar-refractivity contribution in [2.75, 3.05) is 30.4 Å². The highest BCUT2D eigenvalue weighted by molar-refractivity contribution is 7.88. The molecule has 0 aliphatic carbocycles. The maximum Gasteiger partial charge on any atom is 0.208 e. The van der Waals surface area contributed by atoms with E-state index >= 15 is 0 Å². The molecule has 8 heteroatoms. The maximum atomic E-state index is 10.9. The summed E-state index contributed by atoms with van der Waals surface area (Å²) in [7, 11) is -3.14. The lowest BCUT2D eigenvalue weighted by Gasteiger charge is -2.09.